The van der Waals surface area contributed by atoms with E-state index in [-0.39, 0.29) is 18.4 Å². The van der Waals surface area contributed by atoms with Crippen LogP contribution >= 0.6 is 0 Å². The summed E-state index contributed by atoms with van der Waals surface area (Å²) in [5.74, 6) is 0.0142. The molecule has 5 rings (SSSR count). The Morgan fingerprint density at radius 1 is 0.833 bits per heavy atom. The fourth-order valence-electron chi connectivity index (χ4n) is 5.92. The second-order valence-electron chi connectivity index (χ2n) is 11.2. The lowest BCUT2D eigenvalue weighted by molar-refractivity contribution is -0.141. The molecule has 0 aromatic heterocycles. The highest BCUT2D eigenvalue weighted by atomic mass is 16.5. The van der Waals surface area contributed by atoms with Gasteiger partial charge in [0, 0.05) is 24.6 Å². The molecule has 220 valence electrons. The zero-order valence-electron chi connectivity index (χ0n) is 23.8. The van der Waals surface area contributed by atoms with Crippen LogP contribution in [0.3, 0.4) is 0 Å². The zero-order valence-corrected chi connectivity index (χ0v) is 23.8. The third-order valence-corrected chi connectivity index (χ3v) is 8.13. The Morgan fingerprint density at radius 3 is 2.26 bits per heavy atom. The molecule has 0 radical (unpaired) electrons. The lowest BCUT2D eigenvalue weighted by atomic mass is 9.95. The lowest BCUT2D eigenvalue weighted by Gasteiger charge is -2.32. The molecule has 3 atom stereocenters. The standard InChI is InChI=1S/C34H39N3O5/c38-31(33(40)35-26-15-6-2-7-16-26)30-20-11-21-37(30)34(41)29(22-24-12-4-1-5-13-24)36-32(39)25-14-10-19-28(23-25)42-27-17-8-3-9-18-27/h1,3-5,8-10,12-14,17-19,23,26,29-31,38H,2,6-7,11,15-16,20-22H2,(H,35,40)(H,36,39)/t29-,30?,31?/m0/s1. The fraction of sp³-hybridized carbons (Fsp3) is 0.382. The third kappa shape index (κ3) is 7.56. The Hall–Kier alpha value is -4.17. The first kappa shape index (κ1) is 29.3. The van der Waals surface area contributed by atoms with E-state index in [1.54, 1.807) is 29.2 Å². The number of amides is 3. The summed E-state index contributed by atoms with van der Waals surface area (Å²) in [6.07, 6.45) is 5.28. The van der Waals surface area contributed by atoms with Gasteiger partial charge in [-0.15, -0.1) is 0 Å². The summed E-state index contributed by atoms with van der Waals surface area (Å²) in [4.78, 5) is 42.0. The molecule has 3 amide bonds. The smallest absolute Gasteiger partial charge is 0.252 e. The second kappa shape index (κ2) is 14.1. The number of hydrogen-bond donors (Lipinski definition) is 3. The first-order valence-electron chi connectivity index (χ1n) is 14.9. The van der Waals surface area contributed by atoms with E-state index < -0.39 is 30.0 Å². The molecule has 2 unspecified atom stereocenters. The summed E-state index contributed by atoms with van der Waals surface area (Å²) in [5.41, 5.74) is 1.25. The predicted octanol–water partition coefficient (Wildman–Crippen LogP) is 4.62. The number of carbonyl (C=O) groups is 3. The molecule has 8 heteroatoms. The highest BCUT2D eigenvalue weighted by Crippen LogP contribution is 2.25. The van der Waals surface area contributed by atoms with E-state index in [9.17, 15) is 19.5 Å². The van der Waals surface area contributed by atoms with Gasteiger partial charge in [0.15, 0.2) is 6.10 Å². The average Bonchev–Trinajstić information content (AvgIpc) is 3.52. The van der Waals surface area contributed by atoms with Crippen LogP contribution < -0.4 is 15.4 Å². The van der Waals surface area contributed by atoms with Crippen LogP contribution in [0.4, 0.5) is 0 Å². The number of aliphatic hydroxyl groups is 1. The summed E-state index contributed by atoms with van der Waals surface area (Å²) in [5, 5.41) is 17.0. The Balaban J connectivity index is 1.30. The predicted molar refractivity (Wildman–Crippen MR) is 160 cm³/mol. The summed E-state index contributed by atoms with van der Waals surface area (Å²) >= 11 is 0. The van der Waals surface area contributed by atoms with Crippen LogP contribution in [0, 0.1) is 0 Å². The molecule has 1 saturated heterocycles. The first-order valence-corrected chi connectivity index (χ1v) is 14.9. The van der Waals surface area contributed by atoms with Crippen LogP contribution in [0.1, 0.15) is 60.9 Å². The number of benzene rings is 3. The normalized spacial score (nSPS) is 18.6. The minimum Gasteiger partial charge on any atom is -0.457 e. The molecule has 1 aliphatic carbocycles. The van der Waals surface area contributed by atoms with Gasteiger partial charge in [-0.25, -0.2) is 0 Å². The quantitative estimate of drug-likeness (QED) is 0.330. The van der Waals surface area contributed by atoms with Crippen LogP contribution in [0.25, 0.3) is 0 Å². The molecule has 0 bridgehead atoms. The lowest BCUT2D eigenvalue weighted by Crippen LogP contribution is -2.56. The van der Waals surface area contributed by atoms with Crippen LogP contribution in [-0.2, 0) is 16.0 Å². The van der Waals surface area contributed by atoms with Crippen LogP contribution in [0.5, 0.6) is 11.5 Å². The number of rotatable bonds is 10. The highest BCUT2D eigenvalue weighted by Gasteiger charge is 2.40. The van der Waals surface area contributed by atoms with Crippen molar-refractivity contribution in [3.8, 4) is 11.5 Å². The maximum Gasteiger partial charge on any atom is 0.252 e. The van der Waals surface area contributed by atoms with Crippen molar-refractivity contribution < 1.29 is 24.2 Å². The Kier molecular flexibility index (Phi) is 9.87. The zero-order chi connectivity index (χ0) is 29.3. The fourth-order valence-corrected chi connectivity index (χ4v) is 5.92. The van der Waals surface area contributed by atoms with Crippen molar-refractivity contribution >= 4 is 17.7 Å². The number of likely N-dealkylation sites (tertiary alicyclic amines) is 1. The molecule has 1 aliphatic heterocycles. The molecule has 42 heavy (non-hydrogen) atoms. The molecule has 2 aliphatic rings. The largest absolute Gasteiger partial charge is 0.457 e. The first-order chi connectivity index (χ1) is 20.5. The van der Waals surface area contributed by atoms with Gasteiger partial charge < -0.3 is 25.4 Å². The molecule has 3 aromatic rings. The van der Waals surface area contributed by atoms with Gasteiger partial charge in [-0.05, 0) is 61.6 Å². The Bertz CT molecular complexity index is 1340. The van der Waals surface area contributed by atoms with E-state index in [1.165, 1.54) is 6.42 Å². The van der Waals surface area contributed by atoms with Gasteiger partial charge in [-0.3, -0.25) is 14.4 Å². The maximum absolute atomic E-state index is 14.0. The third-order valence-electron chi connectivity index (χ3n) is 8.13. The highest BCUT2D eigenvalue weighted by molar-refractivity contribution is 5.98. The Labute approximate surface area is 247 Å². The molecule has 3 N–H and O–H groups in total. The van der Waals surface area contributed by atoms with E-state index in [0.717, 1.165) is 31.2 Å². The number of para-hydroxylation sites is 1. The van der Waals surface area contributed by atoms with E-state index in [2.05, 4.69) is 10.6 Å². The summed E-state index contributed by atoms with van der Waals surface area (Å²) in [7, 11) is 0. The molecular weight excluding hydrogens is 530 g/mol. The summed E-state index contributed by atoms with van der Waals surface area (Å²) < 4.78 is 5.89. The van der Waals surface area contributed by atoms with Gasteiger partial charge in [-0.1, -0.05) is 73.9 Å². The van der Waals surface area contributed by atoms with Crippen molar-refractivity contribution in [3.05, 3.63) is 96.1 Å². The van der Waals surface area contributed by atoms with Crippen molar-refractivity contribution in [2.75, 3.05) is 6.54 Å². The van der Waals surface area contributed by atoms with Crippen molar-refractivity contribution in [3.63, 3.8) is 0 Å². The van der Waals surface area contributed by atoms with Crippen LogP contribution in [0.2, 0.25) is 0 Å². The van der Waals surface area contributed by atoms with Crippen molar-refractivity contribution in [1.29, 1.82) is 0 Å². The van der Waals surface area contributed by atoms with Crippen molar-refractivity contribution in [2.45, 2.75) is 75.6 Å². The molecule has 1 saturated carbocycles. The molecule has 2 fully saturated rings. The van der Waals surface area contributed by atoms with Gasteiger partial charge in [0.05, 0.1) is 6.04 Å². The van der Waals surface area contributed by atoms with Gasteiger partial charge >= 0.3 is 0 Å². The summed E-state index contributed by atoms with van der Waals surface area (Å²) in [6, 6.07) is 24.2. The number of nitrogens with one attached hydrogen (secondary N) is 2. The maximum atomic E-state index is 14.0. The number of nitrogens with zero attached hydrogens (tertiary/aromatic N) is 1. The molecule has 0 spiro atoms. The van der Waals surface area contributed by atoms with E-state index in [0.29, 0.717) is 36.4 Å². The van der Waals surface area contributed by atoms with E-state index in [4.69, 9.17) is 4.74 Å². The van der Waals surface area contributed by atoms with Crippen LogP contribution in [-0.4, -0.2) is 58.5 Å². The second-order valence-corrected chi connectivity index (χ2v) is 11.2. The molecule has 8 nitrogen and oxygen atoms in total. The minimum absolute atomic E-state index is 0.0678. The SMILES string of the molecule is O=C(N[C@@H](Cc1ccccc1)C(=O)N1CCCC1C(O)C(=O)NC1CCCCC1)c1cccc(Oc2ccccc2)c1. The molecule has 1 heterocycles. The minimum atomic E-state index is -1.32. The number of aliphatic hydroxyl groups excluding tert-OH is 1. The van der Waals surface area contributed by atoms with Gasteiger partial charge in [0.1, 0.15) is 17.5 Å². The summed E-state index contributed by atoms with van der Waals surface area (Å²) in [6.45, 7) is 0.416. The molecular formula is C34H39N3O5. The number of ether oxygens (including phenoxy) is 1. The van der Waals surface area contributed by atoms with E-state index >= 15 is 0 Å². The van der Waals surface area contributed by atoms with E-state index in [1.807, 2.05) is 60.7 Å². The van der Waals surface area contributed by atoms with Gasteiger partial charge in [-0.2, -0.15) is 0 Å². The van der Waals surface area contributed by atoms with Crippen molar-refractivity contribution in [2.24, 2.45) is 0 Å². The van der Waals surface area contributed by atoms with Crippen molar-refractivity contribution in [1.82, 2.24) is 15.5 Å². The monoisotopic (exact) mass is 569 g/mol. The Morgan fingerprint density at radius 2 is 1.52 bits per heavy atom. The number of carbonyl (C=O) groups excluding carboxylic acids is 3. The van der Waals surface area contributed by atoms with Gasteiger partial charge in [0.25, 0.3) is 11.8 Å². The topological polar surface area (TPSA) is 108 Å². The van der Waals surface area contributed by atoms with Gasteiger partial charge in [0.2, 0.25) is 5.91 Å². The molecule has 3 aromatic carbocycles. The van der Waals surface area contributed by atoms with Crippen LogP contribution in [0.15, 0.2) is 84.9 Å². The average molecular weight is 570 g/mol. The number of hydrogen-bond acceptors (Lipinski definition) is 5.